The van der Waals surface area contributed by atoms with Gasteiger partial charge in [0, 0.05) is 30.1 Å². The van der Waals surface area contributed by atoms with Gasteiger partial charge in [0.15, 0.2) is 0 Å². The largest absolute Gasteiger partial charge is 0.351 e. The summed E-state index contributed by atoms with van der Waals surface area (Å²) < 4.78 is 2.00. The van der Waals surface area contributed by atoms with Gasteiger partial charge in [-0.3, -0.25) is 25.7 Å². The lowest BCUT2D eigenvalue weighted by Crippen LogP contribution is -1.99. The molecule has 0 atom stereocenters. The topological polar surface area (TPSA) is 116 Å². The van der Waals surface area contributed by atoms with Crippen LogP contribution < -0.4 is 5.43 Å². The summed E-state index contributed by atoms with van der Waals surface area (Å²) in [4.78, 5) is 20.3. The number of anilines is 1. The van der Waals surface area contributed by atoms with E-state index in [1.165, 1.54) is 18.3 Å². The Morgan fingerprint density at radius 2 is 1.96 bits per heavy atom. The highest BCUT2D eigenvalue weighted by Crippen LogP contribution is 2.28. The minimum Gasteiger partial charge on any atom is -0.351 e. The van der Waals surface area contributed by atoms with E-state index >= 15 is 0 Å². The van der Waals surface area contributed by atoms with Crippen molar-refractivity contribution in [3.63, 3.8) is 0 Å². The van der Waals surface area contributed by atoms with Crippen LogP contribution >= 0.6 is 0 Å². The lowest BCUT2D eigenvalue weighted by Gasteiger charge is -2.04. The number of non-ortho nitro benzene ring substituents is 1. The molecule has 0 fully saturated rings. The van der Waals surface area contributed by atoms with Crippen molar-refractivity contribution < 1.29 is 9.85 Å². The van der Waals surface area contributed by atoms with E-state index in [1.807, 2.05) is 36.9 Å². The predicted octanol–water partition coefficient (Wildman–Crippen LogP) is 3.33. The Kier molecular flexibility index (Phi) is 4.69. The average Bonchev–Trinajstić information content (AvgIpc) is 2.96. The van der Waals surface area contributed by atoms with Crippen molar-refractivity contribution in [1.82, 2.24) is 4.57 Å². The summed E-state index contributed by atoms with van der Waals surface area (Å²) in [6.07, 6.45) is 5.31. The highest BCUT2D eigenvalue weighted by Gasteiger charge is 2.19. The molecule has 1 aromatic carbocycles. The number of nitrogens with zero attached hydrogens (tertiary/aromatic N) is 4. The number of benzene rings is 1. The van der Waals surface area contributed by atoms with Crippen LogP contribution in [0.5, 0.6) is 0 Å². The summed E-state index contributed by atoms with van der Waals surface area (Å²) in [6, 6.07) is 5.51. The standard InChI is InChI=1S/C14H15N5O4/c1-10(2)17-6-5-11(9-17)8-15-16-13-4-3-12(18(20)21)7-14(13)19(22)23/h3-10,16H,1-2H3/b15-8-. The molecule has 0 saturated heterocycles. The van der Waals surface area contributed by atoms with E-state index in [4.69, 9.17) is 0 Å². The smallest absolute Gasteiger partial charge is 0.301 e. The molecule has 0 aliphatic carbocycles. The van der Waals surface area contributed by atoms with Crippen LogP contribution in [0.25, 0.3) is 0 Å². The van der Waals surface area contributed by atoms with Gasteiger partial charge in [-0.2, -0.15) is 5.10 Å². The van der Waals surface area contributed by atoms with E-state index in [0.717, 1.165) is 11.6 Å². The molecule has 0 amide bonds. The summed E-state index contributed by atoms with van der Waals surface area (Å²) >= 11 is 0. The quantitative estimate of drug-likeness (QED) is 0.498. The maximum atomic E-state index is 11.0. The Balaban J connectivity index is 2.17. The molecule has 0 radical (unpaired) electrons. The fraction of sp³-hybridized carbons (Fsp3) is 0.214. The van der Waals surface area contributed by atoms with E-state index in [0.29, 0.717) is 6.04 Å². The second-order valence-electron chi connectivity index (χ2n) is 5.07. The second kappa shape index (κ2) is 6.69. The van der Waals surface area contributed by atoms with Gasteiger partial charge in [0.25, 0.3) is 5.69 Å². The molecule has 0 saturated carbocycles. The van der Waals surface area contributed by atoms with Crippen LogP contribution in [-0.4, -0.2) is 20.6 Å². The van der Waals surface area contributed by atoms with E-state index < -0.39 is 15.5 Å². The van der Waals surface area contributed by atoms with Crippen molar-refractivity contribution in [1.29, 1.82) is 0 Å². The molecule has 1 N–H and O–H groups in total. The SMILES string of the molecule is CC(C)n1ccc(/C=N\Nc2ccc([N+](=O)[O-])cc2[N+](=O)[O-])c1. The minimum absolute atomic E-state index is 0.0835. The lowest BCUT2D eigenvalue weighted by molar-refractivity contribution is -0.393. The molecular formula is C14H15N5O4. The summed E-state index contributed by atoms with van der Waals surface area (Å²) in [5.41, 5.74) is 2.70. The Morgan fingerprint density at radius 3 is 2.52 bits per heavy atom. The predicted molar refractivity (Wildman–Crippen MR) is 85.8 cm³/mol. The minimum atomic E-state index is -0.694. The van der Waals surface area contributed by atoms with Crippen molar-refractivity contribution in [2.75, 3.05) is 5.43 Å². The van der Waals surface area contributed by atoms with Crippen molar-refractivity contribution in [2.45, 2.75) is 19.9 Å². The van der Waals surface area contributed by atoms with Crippen molar-refractivity contribution in [3.8, 4) is 0 Å². The van der Waals surface area contributed by atoms with Crippen LogP contribution in [0.15, 0.2) is 41.8 Å². The van der Waals surface area contributed by atoms with Gasteiger partial charge in [0.05, 0.1) is 22.1 Å². The maximum absolute atomic E-state index is 11.0. The Hall–Kier alpha value is -3.23. The first kappa shape index (κ1) is 16.1. The summed E-state index contributed by atoms with van der Waals surface area (Å²) in [5.74, 6) is 0. The van der Waals surface area contributed by atoms with Crippen molar-refractivity contribution >= 4 is 23.3 Å². The van der Waals surface area contributed by atoms with Gasteiger partial charge in [-0.05, 0) is 26.0 Å². The fourth-order valence-corrected chi connectivity index (χ4v) is 1.88. The lowest BCUT2D eigenvalue weighted by atomic mass is 10.2. The van der Waals surface area contributed by atoms with Crippen LogP contribution in [0.1, 0.15) is 25.5 Å². The van der Waals surface area contributed by atoms with Crippen LogP contribution in [0, 0.1) is 20.2 Å². The van der Waals surface area contributed by atoms with Gasteiger partial charge in [-0.1, -0.05) is 0 Å². The number of hydrogen-bond donors (Lipinski definition) is 1. The van der Waals surface area contributed by atoms with Crippen LogP contribution in [0.4, 0.5) is 17.1 Å². The first-order valence-electron chi connectivity index (χ1n) is 6.78. The van der Waals surface area contributed by atoms with E-state index in [9.17, 15) is 20.2 Å². The van der Waals surface area contributed by atoms with Crippen LogP contribution in [-0.2, 0) is 0 Å². The maximum Gasteiger partial charge on any atom is 0.301 e. The molecule has 9 heteroatoms. The number of hydrazone groups is 1. The van der Waals surface area contributed by atoms with Gasteiger partial charge in [-0.25, -0.2) is 0 Å². The average molecular weight is 317 g/mol. The third kappa shape index (κ3) is 3.90. The summed E-state index contributed by atoms with van der Waals surface area (Å²) in [5, 5.41) is 25.6. The highest BCUT2D eigenvalue weighted by atomic mass is 16.6. The van der Waals surface area contributed by atoms with Gasteiger partial charge in [0.1, 0.15) is 5.69 Å². The van der Waals surface area contributed by atoms with Gasteiger partial charge >= 0.3 is 5.69 Å². The zero-order chi connectivity index (χ0) is 17.0. The number of hydrogen-bond acceptors (Lipinski definition) is 6. The van der Waals surface area contributed by atoms with E-state index in [-0.39, 0.29) is 11.4 Å². The molecule has 0 unspecified atom stereocenters. The second-order valence-corrected chi connectivity index (χ2v) is 5.07. The third-order valence-electron chi connectivity index (χ3n) is 3.12. The monoisotopic (exact) mass is 317 g/mol. The molecule has 0 aliphatic rings. The molecule has 2 rings (SSSR count). The highest BCUT2D eigenvalue weighted by molar-refractivity contribution is 5.80. The number of aromatic nitrogens is 1. The van der Waals surface area contributed by atoms with Crippen molar-refractivity contribution in [2.24, 2.45) is 5.10 Å². The number of rotatable bonds is 6. The van der Waals surface area contributed by atoms with Crippen LogP contribution in [0.2, 0.25) is 0 Å². The summed E-state index contributed by atoms with van der Waals surface area (Å²) in [6.45, 7) is 4.08. The van der Waals surface area contributed by atoms with Gasteiger partial charge in [-0.15, -0.1) is 0 Å². The molecule has 23 heavy (non-hydrogen) atoms. The molecule has 1 aromatic heterocycles. The molecular weight excluding hydrogens is 302 g/mol. The first-order chi connectivity index (χ1) is 10.9. The zero-order valence-corrected chi connectivity index (χ0v) is 12.5. The zero-order valence-electron chi connectivity index (χ0n) is 12.5. The Morgan fingerprint density at radius 1 is 1.22 bits per heavy atom. The normalized spacial score (nSPS) is 11.1. The molecule has 2 aromatic rings. The van der Waals surface area contributed by atoms with Crippen LogP contribution in [0.3, 0.4) is 0 Å². The third-order valence-corrected chi connectivity index (χ3v) is 3.12. The van der Waals surface area contributed by atoms with E-state index in [1.54, 1.807) is 0 Å². The first-order valence-corrected chi connectivity index (χ1v) is 6.78. The molecule has 0 aliphatic heterocycles. The van der Waals surface area contributed by atoms with E-state index in [2.05, 4.69) is 10.5 Å². The van der Waals surface area contributed by atoms with Crippen molar-refractivity contribution in [3.05, 3.63) is 62.5 Å². The summed E-state index contributed by atoms with van der Waals surface area (Å²) in [7, 11) is 0. The molecule has 0 spiro atoms. The molecule has 0 bridgehead atoms. The molecule has 1 heterocycles. The number of nitro benzene ring substituents is 2. The van der Waals surface area contributed by atoms with Gasteiger partial charge in [0.2, 0.25) is 0 Å². The Labute approximate surface area is 131 Å². The number of nitrogens with one attached hydrogen (secondary N) is 1. The Bertz CT molecular complexity index is 766. The fourth-order valence-electron chi connectivity index (χ4n) is 1.88. The number of nitro groups is 2. The molecule has 120 valence electrons. The molecule has 9 nitrogen and oxygen atoms in total. The van der Waals surface area contributed by atoms with Gasteiger partial charge < -0.3 is 4.57 Å².